The predicted octanol–water partition coefficient (Wildman–Crippen LogP) is 16.0. The first-order chi connectivity index (χ1) is 27.8. The summed E-state index contributed by atoms with van der Waals surface area (Å²) >= 11 is 0. The Kier molecular flexibility index (Phi) is 4.78. The van der Waals surface area contributed by atoms with Crippen molar-refractivity contribution < 1.29 is 0 Å². The zero-order valence-electron chi connectivity index (χ0n) is 30.2. The largest absolute Gasteiger partial charge is 0.0622 e. The van der Waals surface area contributed by atoms with E-state index in [9.17, 15) is 0 Å². The quantitative estimate of drug-likeness (QED) is 0.118. The summed E-state index contributed by atoms with van der Waals surface area (Å²) in [5, 5.41) is 29.8. The Morgan fingerprint density at radius 2 is 0.714 bits per heavy atom. The lowest BCUT2D eigenvalue weighted by Gasteiger charge is -2.17. The molecule has 56 heavy (non-hydrogen) atoms. The molecule has 0 saturated carbocycles. The van der Waals surface area contributed by atoms with E-state index in [1.165, 1.54) is 152 Å². The van der Waals surface area contributed by atoms with Crippen molar-refractivity contribution in [3.05, 3.63) is 170 Å². The maximum absolute atomic E-state index is 2.47. The van der Waals surface area contributed by atoms with E-state index in [2.05, 4.69) is 170 Å². The number of fused-ring (bicyclic) bond motifs is 14. The molecule has 0 spiro atoms. The van der Waals surface area contributed by atoms with Crippen molar-refractivity contribution in [2.24, 2.45) is 0 Å². The maximum Gasteiger partial charge on any atom is -0.000785 e. The van der Waals surface area contributed by atoms with Crippen LogP contribution in [0.2, 0.25) is 0 Å². The average molecular weight is 701 g/mol. The number of rotatable bonds is 1. The summed E-state index contributed by atoms with van der Waals surface area (Å²) in [6.07, 6.45) is 0. The van der Waals surface area contributed by atoms with Crippen molar-refractivity contribution >= 4 is 118 Å². The molecule has 0 nitrogen and oxygen atoms in total. The smallest absolute Gasteiger partial charge is 0.000785 e. The van der Waals surface area contributed by atoms with Crippen LogP contribution in [0.5, 0.6) is 0 Å². The first-order valence-electron chi connectivity index (χ1n) is 19.8. The molecule has 14 aromatic rings. The van der Waals surface area contributed by atoms with Crippen molar-refractivity contribution in [2.75, 3.05) is 0 Å². The van der Waals surface area contributed by atoms with E-state index < -0.39 is 0 Å². The van der Waals surface area contributed by atoms with Crippen LogP contribution in [0.4, 0.5) is 0 Å². The summed E-state index contributed by atoms with van der Waals surface area (Å²) in [7, 11) is 0. The summed E-state index contributed by atoms with van der Waals surface area (Å²) in [5.74, 6) is 0. The molecule has 0 saturated heterocycles. The molecule has 0 heteroatoms. The molecule has 14 aromatic carbocycles. The van der Waals surface area contributed by atoms with Crippen LogP contribution in [0.1, 0.15) is 0 Å². The molecular formula is C56H28. The second-order valence-electron chi connectivity index (χ2n) is 16.2. The van der Waals surface area contributed by atoms with Gasteiger partial charge in [0, 0.05) is 0 Å². The first-order valence-corrected chi connectivity index (χ1v) is 19.8. The van der Waals surface area contributed by atoms with Crippen molar-refractivity contribution in [3.63, 3.8) is 0 Å². The fourth-order valence-corrected chi connectivity index (χ4v) is 11.6. The van der Waals surface area contributed by atoms with E-state index >= 15 is 0 Å². The van der Waals surface area contributed by atoms with Gasteiger partial charge < -0.3 is 0 Å². The minimum atomic E-state index is 1.26. The van der Waals surface area contributed by atoms with E-state index in [1.807, 2.05) is 0 Å². The lowest BCUT2D eigenvalue weighted by atomic mass is 9.86. The van der Waals surface area contributed by atoms with Gasteiger partial charge in [0.2, 0.25) is 0 Å². The Morgan fingerprint density at radius 3 is 1.52 bits per heavy atom. The predicted molar refractivity (Wildman–Crippen MR) is 242 cm³/mol. The SMILES string of the molecule is c1ccc(-c2c3c(cc4cc5ccccc5cc24)-c2ccc4c5ccc6c7cc8cccc9c%10ccccc%10c(c89)c7c7ccc(c8ccc-3c2c48)c5c67)cc1. The Labute approximate surface area is 320 Å². The van der Waals surface area contributed by atoms with Gasteiger partial charge in [0.25, 0.3) is 0 Å². The van der Waals surface area contributed by atoms with Crippen LogP contribution in [-0.4, -0.2) is 0 Å². The highest BCUT2D eigenvalue weighted by molar-refractivity contribution is 6.49. The van der Waals surface area contributed by atoms with Crippen LogP contribution in [0.3, 0.4) is 0 Å². The van der Waals surface area contributed by atoms with Crippen LogP contribution in [-0.2, 0) is 0 Å². The van der Waals surface area contributed by atoms with Crippen LogP contribution in [0, 0.1) is 0 Å². The fourth-order valence-electron chi connectivity index (χ4n) is 11.6. The molecule has 0 unspecified atom stereocenters. The highest BCUT2D eigenvalue weighted by atomic mass is 14.3. The minimum Gasteiger partial charge on any atom is -0.0622 e. The molecule has 0 aromatic heterocycles. The lowest BCUT2D eigenvalue weighted by Crippen LogP contribution is -1.89. The molecule has 252 valence electrons. The van der Waals surface area contributed by atoms with E-state index in [1.54, 1.807) is 0 Å². The molecule has 0 fully saturated rings. The molecule has 0 aliphatic heterocycles. The first kappa shape index (κ1) is 28.2. The Morgan fingerprint density at radius 1 is 0.196 bits per heavy atom. The molecule has 0 amide bonds. The monoisotopic (exact) mass is 700 g/mol. The van der Waals surface area contributed by atoms with E-state index in [-0.39, 0.29) is 0 Å². The van der Waals surface area contributed by atoms with Crippen molar-refractivity contribution in [2.45, 2.75) is 0 Å². The molecule has 0 heterocycles. The molecule has 1 aliphatic carbocycles. The van der Waals surface area contributed by atoms with Gasteiger partial charge in [-0.05, 0) is 176 Å². The average Bonchev–Trinajstić information content (AvgIpc) is 3.88. The molecule has 0 atom stereocenters. The van der Waals surface area contributed by atoms with Gasteiger partial charge >= 0.3 is 0 Å². The zero-order valence-corrected chi connectivity index (χ0v) is 30.2. The third kappa shape index (κ3) is 3.13. The van der Waals surface area contributed by atoms with Crippen molar-refractivity contribution in [1.29, 1.82) is 0 Å². The number of benzene rings is 12. The minimum absolute atomic E-state index is 1.26. The topological polar surface area (TPSA) is 0 Å². The van der Waals surface area contributed by atoms with Crippen LogP contribution < -0.4 is 0 Å². The molecule has 1 aliphatic rings. The molecule has 0 N–H and O–H groups in total. The van der Waals surface area contributed by atoms with Crippen molar-refractivity contribution in [1.82, 2.24) is 0 Å². The molecular weight excluding hydrogens is 673 g/mol. The summed E-state index contributed by atoms with van der Waals surface area (Å²) in [6.45, 7) is 0. The summed E-state index contributed by atoms with van der Waals surface area (Å²) in [6, 6.07) is 64.9. The Balaban J connectivity index is 1.10. The van der Waals surface area contributed by atoms with Crippen LogP contribution >= 0.6 is 0 Å². The molecule has 15 rings (SSSR count). The second-order valence-corrected chi connectivity index (χ2v) is 16.2. The standard InChI is InChI=1S/C56H28/c1-2-9-29(10-3-1)48-45-26-31-12-5-4-11-30(31)25-33(45)28-47-42-20-18-37-38-17-19-41-46-27-32-13-8-16-35-34-14-6-7-15-36(34)56(49(32)35)55(46)44-24-22-40(51(38)53(41)44)39-21-23-43(54(47)48)52(42)50(37)39/h1-28H. The van der Waals surface area contributed by atoms with Gasteiger partial charge in [0.1, 0.15) is 0 Å². The van der Waals surface area contributed by atoms with Gasteiger partial charge in [0.15, 0.2) is 0 Å². The summed E-state index contributed by atoms with van der Waals surface area (Å²) in [4.78, 5) is 0. The number of hydrogen-bond acceptors (Lipinski definition) is 0. The van der Waals surface area contributed by atoms with Crippen LogP contribution in [0.15, 0.2) is 170 Å². The van der Waals surface area contributed by atoms with Gasteiger partial charge in [-0.3, -0.25) is 0 Å². The van der Waals surface area contributed by atoms with Gasteiger partial charge in [-0.25, -0.2) is 0 Å². The van der Waals surface area contributed by atoms with Crippen LogP contribution in [0.25, 0.3) is 152 Å². The summed E-state index contributed by atoms with van der Waals surface area (Å²) < 4.78 is 0. The van der Waals surface area contributed by atoms with Gasteiger partial charge in [-0.1, -0.05) is 146 Å². The Hall–Kier alpha value is -7.28. The maximum atomic E-state index is 2.47. The summed E-state index contributed by atoms with van der Waals surface area (Å²) in [5.41, 5.74) is 7.98. The van der Waals surface area contributed by atoms with Gasteiger partial charge in [0.05, 0.1) is 0 Å². The third-order valence-electron chi connectivity index (χ3n) is 13.7. The van der Waals surface area contributed by atoms with E-state index in [0.29, 0.717) is 0 Å². The second kappa shape index (κ2) is 9.50. The Bertz CT molecular complexity index is 4050. The molecule has 0 radical (unpaired) electrons. The highest BCUT2D eigenvalue weighted by Gasteiger charge is 2.30. The van der Waals surface area contributed by atoms with Crippen molar-refractivity contribution in [3.8, 4) is 33.4 Å². The number of hydrogen-bond donors (Lipinski definition) is 0. The van der Waals surface area contributed by atoms with E-state index in [4.69, 9.17) is 0 Å². The highest BCUT2D eigenvalue weighted by Crippen LogP contribution is 2.58. The lowest BCUT2D eigenvalue weighted by molar-refractivity contribution is 1.65. The fraction of sp³-hybridized carbons (Fsp3) is 0. The molecule has 0 bridgehead atoms. The normalized spacial score (nSPS) is 13.0. The third-order valence-corrected chi connectivity index (χ3v) is 13.7. The van der Waals surface area contributed by atoms with Gasteiger partial charge in [-0.15, -0.1) is 0 Å². The zero-order chi connectivity index (χ0) is 36.0. The van der Waals surface area contributed by atoms with Gasteiger partial charge in [-0.2, -0.15) is 0 Å². The van der Waals surface area contributed by atoms with E-state index in [0.717, 1.165) is 0 Å².